The van der Waals surface area contributed by atoms with E-state index in [4.69, 9.17) is 4.74 Å². The fourth-order valence-corrected chi connectivity index (χ4v) is 4.35. The first-order chi connectivity index (χ1) is 14.0. The molecule has 0 atom stereocenters. The number of hydrogen-bond acceptors (Lipinski definition) is 2. The molecule has 3 aromatic rings. The second-order valence-electron chi connectivity index (χ2n) is 8.18. The highest BCUT2D eigenvalue weighted by Crippen LogP contribution is 2.27. The maximum Gasteiger partial charge on any atom is 0.222 e. The number of rotatable bonds is 5. The lowest BCUT2D eigenvalue weighted by atomic mass is 10.1. The number of aryl methyl sites for hydroxylation is 3. The molecule has 2 heterocycles. The highest BCUT2D eigenvalue weighted by molar-refractivity contribution is 5.85. The number of aromatic nitrogens is 1. The fraction of sp³-hybridized carbons (Fsp3) is 0.400. The number of amides is 1. The smallest absolute Gasteiger partial charge is 0.222 e. The van der Waals surface area contributed by atoms with Gasteiger partial charge in [0, 0.05) is 42.5 Å². The summed E-state index contributed by atoms with van der Waals surface area (Å²) in [6.45, 7) is 8.41. The molecule has 0 unspecified atom stereocenters. The van der Waals surface area contributed by atoms with Gasteiger partial charge in [-0.3, -0.25) is 4.79 Å². The summed E-state index contributed by atoms with van der Waals surface area (Å²) in [5.74, 6) is 1.19. The predicted octanol–water partition coefficient (Wildman–Crippen LogP) is 4.88. The number of hydrogen-bond donors (Lipinski definition) is 1. The Morgan fingerprint density at radius 2 is 1.83 bits per heavy atom. The molecule has 1 aliphatic heterocycles. The first-order valence-corrected chi connectivity index (χ1v) is 10.6. The molecule has 0 fully saturated rings. The van der Waals surface area contributed by atoms with Crippen LogP contribution in [0.2, 0.25) is 0 Å². The van der Waals surface area contributed by atoms with Crippen LogP contribution in [0.4, 0.5) is 0 Å². The molecule has 0 saturated carbocycles. The van der Waals surface area contributed by atoms with E-state index >= 15 is 0 Å². The van der Waals surface area contributed by atoms with E-state index in [1.165, 1.54) is 27.7 Å². The summed E-state index contributed by atoms with van der Waals surface area (Å²) < 4.78 is 5.95. The van der Waals surface area contributed by atoms with E-state index in [1.54, 1.807) is 0 Å². The summed E-state index contributed by atoms with van der Waals surface area (Å²) in [6, 6.07) is 12.7. The molecule has 4 heteroatoms. The Balaban J connectivity index is 1.31. The van der Waals surface area contributed by atoms with Crippen LogP contribution in [0.15, 0.2) is 36.4 Å². The quantitative estimate of drug-likeness (QED) is 0.631. The average molecular weight is 391 g/mol. The van der Waals surface area contributed by atoms with E-state index in [1.807, 2.05) is 11.0 Å². The minimum absolute atomic E-state index is 0.237. The Morgan fingerprint density at radius 3 is 2.62 bits per heavy atom. The van der Waals surface area contributed by atoms with E-state index in [0.29, 0.717) is 13.0 Å². The van der Waals surface area contributed by atoms with Crippen molar-refractivity contribution in [2.75, 3.05) is 19.7 Å². The Kier molecular flexibility index (Phi) is 5.61. The summed E-state index contributed by atoms with van der Waals surface area (Å²) >= 11 is 0. The van der Waals surface area contributed by atoms with Crippen molar-refractivity contribution in [2.24, 2.45) is 0 Å². The minimum Gasteiger partial charge on any atom is -0.493 e. The fourth-order valence-electron chi connectivity index (χ4n) is 4.35. The van der Waals surface area contributed by atoms with Crippen LogP contribution in [-0.4, -0.2) is 35.5 Å². The molecular formula is C25H30N2O2. The second-order valence-corrected chi connectivity index (χ2v) is 8.18. The van der Waals surface area contributed by atoms with Crippen LogP contribution in [0.3, 0.4) is 0 Å². The van der Waals surface area contributed by atoms with Gasteiger partial charge >= 0.3 is 0 Å². The number of carbonyl (C=O) groups excluding carboxylic acids is 1. The third-order valence-electron chi connectivity index (χ3n) is 5.96. The topological polar surface area (TPSA) is 45.3 Å². The van der Waals surface area contributed by atoms with Gasteiger partial charge in [-0.1, -0.05) is 29.8 Å². The zero-order valence-corrected chi connectivity index (χ0v) is 17.7. The molecule has 4 nitrogen and oxygen atoms in total. The minimum atomic E-state index is 0.237. The zero-order chi connectivity index (χ0) is 20.4. The monoisotopic (exact) mass is 390 g/mol. The second kappa shape index (κ2) is 8.32. The lowest BCUT2D eigenvalue weighted by molar-refractivity contribution is -0.131. The van der Waals surface area contributed by atoms with E-state index in [2.05, 4.69) is 56.1 Å². The molecule has 4 rings (SSSR count). The Morgan fingerprint density at radius 1 is 1.07 bits per heavy atom. The number of nitrogens with one attached hydrogen (secondary N) is 1. The lowest BCUT2D eigenvalue weighted by Crippen LogP contribution is -2.33. The van der Waals surface area contributed by atoms with Gasteiger partial charge in [-0.25, -0.2) is 0 Å². The molecular weight excluding hydrogens is 360 g/mol. The Labute approximate surface area is 172 Å². The molecule has 0 radical (unpaired) electrons. The van der Waals surface area contributed by atoms with Gasteiger partial charge in [0.05, 0.1) is 6.61 Å². The van der Waals surface area contributed by atoms with E-state index < -0.39 is 0 Å². The van der Waals surface area contributed by atoms with Crippen LogP contribution in [0.25, 0.3) is 10.9 Å². The van der Waals surface area contributed by atoms with E-state index in [9.17, 15) is 4.79 Å². The average Bonchev–Trinajstić information content (AvgIpc) is 2.89. The molecule has 1 amide bonds. The van der Waals surface area contributed by atoms with Crippen molar-refractivity contribution >= 4 is 16.8 Å². The molecule has 152 valence electrons. The summed E-state index contributed by atoms with van der Waals surface area (Å²) in [5.41, 5.74) is 7.46. The highest BCUT2D eigenvalue weighted by Gasteiger charge is 2.21. The number of nitrogens with zero attached hydrogens (tertiary/aromatic N) is 1. The molecule has 0 spiro atoms. The maximum absolute atomic E-state index is 12.7. The standard InChI is InChI=1S/C25H30N2O2/c1-17-9-10-22-21(16-17)20-11-13-27(14-12-23(20)26-22)24(28)8-5-15-29-25-18(2)6-4-7-19(25)3/h4,6-7,9-10,16,26H,5,8,11-15H2,1-3H3. The molecule has 29 heavy (non-hydrogen) atoms. The van der Waals surface area contributed by atoms with E-state index in [-0.39, 0.29) is 5.91 Å². The summed E-state index contributed by atoms with van der Waals surface area (Å²) in [4.78, 5) is 18.3. The van der Waals surface area contributed by atoms with Crippen molar-refractivity contribution in [3.05, 3.63) is 64.3 Å². The third kappa shape index (κ3) is 4.16. The first kappa shape index (κ1) is 19.6. The molecule has 1 aliphatic rings. The van der Waals surface area contributed by atoms with Gasteiger partial charge in [0.2, 0.25) is 5.91 Å². The van der Waals surface area contributed by atoms with Gasteiger partial charge in [0.15, 0.2) is 0 Å². The van der Waals surface area contributed by atoms with Crippen LogP contribution in [-0.2, 0) is 17.6 Å². The van der Waals surface area contributed by atoms with E-state index in [0.717, 1.165) is 49.2 Å². The zero-order valence-electron chi connectivity index (χ0n) is 17.7. The molecule has 0 saturated heterocycles. The van der Waals surface area contributed by atoms with Gasteiger partial charge < -0.3 is 14.6 Å². The SMILES string of the molecule is Cc1ccc2[nH]c3c(c2c1)CCN(C(=O)CCCOc1c(C)cccc1C)CC3. The molecule has 1 N–H and O–H groups in total. The largest absolute Gasteiger partial charge is 0.493 e. The van der Waals surface area contributed by atoms with Crippen LogP contribution < -0.4 is 4.74 Å². The predicted molar refractivity (Wildman–Crippen MR) is 118 cm³/mol. The Hall–Kier alpha value is -2.75. The van der Waals surface area contributed by atoms with Crippen molar-refractivity contribution in [1.82, 2.24) is 9.88 Å². The van der Waals surface area contributed by atoms with Gasteiger partial charge in [-0.2, -0.15) is 0 Å². The molecule has 2 aromatic carbocycles. The summed E-state index contributed by atoms with van der Waals surface area (Å²) in [6.07, 6.45) is 3.10. The highest BCUT2D eigenvalue weighted by atomic mass is 16.5. The van der Waals surface area contributed by atoms with Crippen LogP contribution in [0.1, 0.15) is 40.8 Å². The number of para-hydroxylation sites is 1. The van der Waals surface area contributed by atoms with Crippen LogP contribution in [0, 0.1) is 20.8 Å². The number of carbonyl (C=O) groups is 1. The first-order valence-electron chi connectivity index (χ1n) is 10.6. The normalized spacial score (nSPS) is 14.0. The Bertz CT molecular complexity index is 1010. The number of aromatic amines is 1. The number of H-pyrrole nitrogens is 1. The van der Waals surface area contributed by atoms with Crippen LogP contribution in [0.5, 0.6) is 5.75 Å². The lowest BCUT2D eigenvalue weighted by Gasteiger charge is -2.20. The summed E-state index contributed by atoms with van der Waals surface area (Å²) in [5, 5.41) is 1.32. The van der Waals surface area contributed by atoms with Crippen molar-refractivity contribution in [3.63, 3.8) is 0 Å². The number of fused-ring (bicyclic) bond motifs is 3. The van der Waals surface area contributed by atoms with Gasteiger partial charge in [0.25, 0.3) is 0 Å². The number of benzene rings is 2. The molecule has 1 aromatic heterocycles. The van der Waals surface area contributed by atoms with Gasteiger partial charge in [0.1, 0.15) is 5.75 Å². The van der Waals surface area contributed by atoms with Crippen molar-refractivity contribution < 1.29 is 9.53 Å². The molecule has 0 aliphatic carbocycles. The third-order valence-corrected chi connectivity index (χ3v) is 5.96. The van der Waals surface area contributed by atoms with Gasteiger partial charge in [-0.05, 0) is 62.4 Å². The van der Waals surface area contributed by atoms with Crippen LogP contribution >= 0.6 is 0 Å². The maximum atomic E-state index is 12.7. The van der Waals surface area contributed by atoms with Crippen molar-refractivity contribution in [1.29, 1.82) is 0 Å². The van der Waals surface area contributed by atoms with Gasteiger partial charge in [-0.15, -0.1) is 0 Å². The number of ether oxygens (including phenoxy) is 1. The summed E-state index contributed by atoms with van der Waals surface area (Å²) in [7, 11) is 0. The molecule has 0 bridgehead atoms. The van der Waals surface area contributed by atoms with Crippen molar-refractivity contribution in [3.8, 4) is 5.75 Å². The van der Waals surface area contributed by atoms with Crippen molar-refractivity contribution in [2.45, 2.75) is 46.5 Å².